The minimum atomic E-state index is -2.66. The van der Waals surface area contributed by atoms with E-state index in [0.717, 1.165) is 0 Å². The molecule has 31 heavy (non-hydrogen) atoms. The molecule has 0 saturated heterocycles. The van der Waals surface area contributed by atoms with Crippen LogP contribution in [0.2, 0.25) is 0 Å². The first-order valence-corrected chi connectivity index (χ1v) is 9.53. The zero-order chi connectivity index (χ0) is 25.5. The number of carbonyl (C=O) groups is 1. The molecule has 0 unspecified atom stereocenters. The van der Waals surface area contributed by atoms with Crippen LogP contribution >= 0.6 is 0 Å². The molecule has 5 rings (SSSR count). The average molecular weight is 416 g/mol. The van der Waals surface area contributed by atoms with Gasteiger partial charge < -0.3 is 24.9 Å². The van der Waals surface area contributed by atoms with Gasteiger partial charge in [0.05, 0.1) is 30.8 Å². The van der Waals surface area contributed by atoms with E-state index in [2.05, 4.69) is 20.6 Å². The minimum absolute atomic E-state index is 0.0126. The predicted octanol–water partition coefficient (Wildman–Crippen LogP) is 5.22. The Balaban J connectivity index is 1.44. The molecule has 3 aromatic heterocycles. The summed E-state index contributed by atoms with van der Waals surface area (Å²) in [5.74, 6) is 0.0126. The number of aromatic nitrogens is 3. The van der Waals surface area contributed by atoms with Crippen LogP contribution in [0.3, 0.4) is 0 Å². The number of hydrogen-bond acceptors (Lipinski definition) is 3. The Bertz CT molecular complexity index is 1570. The van der Waals surface area contributed by atoms with Crippen molar-refractivity contribution in [1.82, 2.24) is 14.5 Å². The highest BCUT2D eigenvalue weighted by Crippen LogP contribution is 2.27. The quantitative estimate of drug-likeness (QED) is 0.367. The fourth-order valence-electron chi connectivity index (χ4n) is 3.50. The first-order chi connectivity index (χ1) is 17.1. The summed E-state index contributed by atoms with van der Waals surface area (Å²) in [7, 11) is -2.66. The third-order valence-corrected chi connectivity index (χ3v) is 4.93. The van der Waals surface area contributed by atoms with E-state index in [1.807, 2.05) is 0 Å². The summed E-state index contributed by atoms with van der Waals surface area (Å²) < 4.78 is 46.2. The normalized spacial score (nSPS) is 14.3. The molecule has 0 aliphatic heterocycles. The molecule has 0 aliphatic rings. The molecule has 2 aromatic carbocycles. The van der Waals surface area contributed by atoms with E-state index in [0.29, 0.717) is 33.2 Å². The Kier molecular flexibility index (Phi) is 3.52. The topological polar surface area (TPSA) is 84.0 Å². The summed E-state index contributed by atoms with van der Waals surface area (Å²) in [6.45, 7) is -1.91. The highest BCUT2D eigenvalue weighted by molar-refractivity contribution is 6.06. The van der Waals surface area contributed by atoms with Gasteiger partial charge in [0, 0.05) is 35.9 Å². The maximum atomic E-state index is 12.8. The maximum Gasteiger partial charge on any atom is 0.323 e. The van der Waals surface area contributed by atoms with E-state index >= 15 is 0 Å². The number of aromatic amines is 1. The lowest BCUT2D eigenvalue weighted by atomic mass is 10.2. The lowest BCUT2D eigenvalue weighted by Crippen LogP contribution is -2.19. The van der Waals surface area contributed by atoms with Gasteiger partial charge in [0.15, 0.2) is 0 Å². The molecule has 0 fully saturated rings. The van der Waals surface area contributed by atoms with E-state index in [9.17, 15) is 4.79 Å². The van der Waals surface area contributed by atoms with Gasteiger partial charge in [-0.15, -0.1) is 0 Å². The third-order valence-electron chi connectivity index (χ3n) is 4.93. The van der Waals surface area contributed by atoms with Gasteiger partial charge in [0.2, 0.25) is 0 Å². The molecule has 7 heteroatoms. The predicted molar refractivity (Wildman–Crippen MR) is 123 cm³/mol. The molecule has 0 saturated carbocycles. The number of rotatable bonds is 5. The van der Waals surface area contributed by atoms with E-state index in [4.69, 9.17) is 11.6 Å². The van der Waals surface area contributed by atoms with Crippen LogP contribution in [0.15, 0.2) is 79.3 Å². The molecule has 0 spiro atoms. The van der Waals surface area contributed by atoms with Gasteiger partial charge in [0.25, 0.3) is 0 Å². The second-order valence-electron chi connectivity index (χ2n) is 6.81. The standard InChI is InChI=1S/C24H21N5O2/c1-31-22-8-3-2-5-20(22)28-24(30)27-19-6-4-7-21-18(19)11-14-29(21)15-16-9-12-25-23-17(16)10-13-26-23/h2-14H,15H2,1H3,(H,25,26)(H2,27,28,30)/i1D3,15D2. The van der Waals surface area contributed by atoms with E-state index < -0.39 is 19.6 Å². The maximum absolute atomic E-state index is 12.8. The van der Waals surface area contributed by atoms with Crippen molar-refractivity contribution in [2.45, 2.75) is 6.50 Å². The Labute approximate surface area is 185 Å². The third kappa shape index (κ3) is 3.57. The van der Waals surface area contributed by atoms with E-state index in [1.165, 1.54) is 16.7 Å². The van der Waals surface area contributed by atoms with E-state index in [1.54, 1.807) is 67.1 Å². The largest absolute Gasteiger partial charge is 0.495 e. The number of nitrogens with zero attached hydrogens (tertiary/aromatic N) is 2. The number of carbonyl (C=O) groups excluding carboxylic acids is 1. The van der Waals surface area contributed by atoms with Crippen molar-refractivity contribution in [3.05, 3.63) is 84.8 Å². The van der Waals surface area contributed by atoms with Gasteiger partial charge in [-0.3, -0.25) is 0 Å². The number of benzene rings is 2. The number of fused-ring (bicyclic) bond motifs is 2. The molecule has 7 nitrogen and oxygen atoms in total. The van der Waals surface area contributed by atoms with Gasteiger partial charge in [-0.05, 0) is 48.0 Å². The van der Waals surface area contributed by atoms with Crippen LogP contribution in [-0.4, -0.2) is 27.6 Å². The zero-order valence-electron chi connectivity index (χ0n) is 21.2. The molecule has 0 radical (unpaired) electrons. The van der Waals surface area contributed by atoms with Crippen molar-refractivity contribution in [3.8, 4) is 5.75 Å². The monoisotopic (exact) mass is 416 g/mol. The van der Waals surface area contributed by atoms with Crippen molar-refractivity contribution in [2.75, 3.05) is 17.7 Å². The van der Waals surface area contributed by atoms with Crippen LogP contribution in [0.25, 0.3) is 21.9 Å². The number of methoxy groups -OCH3 is 1. The second-order valence-corrected chi connectivity index (χ2v) is 6.81. The number of hydrogen-bond donors (Lipinski definition) is 3. The summed E-state index contributed by atoms with van der Waals surface area (Å²) in [4.78, 5) is 20.0. The molecule has 3 N–H and O–H groups in total. The van der Waals surface area contributed by atoms with Crippen LogP contribution in [0.1, 0.15) is 12.4 Å². The fraction of sp³-hybridized carbons (Fsp3) is 0.0833. The number of ether oxygens (including phenoxy) is 1. The summed E-state index contributed by atoms with van der Waals surface area (Å²) in [6.07, 6.45) is 4.90. The van der Waals surface area contributed by atoms with Crippen LogP contribution in [-0.2, 0) is 6.50 Å². The Morgan fingerprint density at radius 3 is 2.90 bits per heavy atom. The molecule has 0 atom stereocenters. The highest BCUT2D eigenvalue weighted by atomic mass is 16.5. The molecule has 5 aromatic rings. The highest BCUT2D eigenvalue weighted by Gasteiger charge is 2.12. The summed E-state index contributed by atoms with van der Waals surface area (Å²) in [6, 6.07) is 16.0. The smallest absolute Gasteiger partial charge is 0.323 e. The molecular weight excluding hydrogens is 390 g/mol. The summed E-state index contributed by atoms with van der Waals surface area (Å²) in [5, 5.41) is 6.67. The Morgan fingerprint density at radius 1 is 1.10 bits per heavy atom. The number of amides is 2. The number of nitrogens with one attached hydrogen (secondary N) is 3. The average Bonchev–Trinajstić information content (AvgIpc) is 3.47. The molecule has 3 heterocycles. The number of anilines is 2. The first-order valence-electron chi connectivity index (χ1n) is 12.0. The number of H-pyrrole nitrogens is 1. The number of pyridine rings is 1. The summed E-state index contributed by atoms with van der Waals surface area (Å²) in [5.41, 5.74) is 2.27. The van der Waals surface area contributed by atoms with Crippen molar-refractivity contribution in [1.29, 1.82) is 0 Å². The molecular formula is C24H21N5O2. The Morgan fingerprint density at radius 2 is 1.97 bits per heavy atom. The second kappa shape index (κ2) is 7.87. The minimum Gasteiger partial charge on any atom is -0.495 e. The number of para-hydroxylation sites is 2. The van der Waals surface area contributed by atoms with Crippen molar-refractivity contribution in [2.24, 2.45) is 0 Å². The molecule has 0 bridgehead atoms. The lowest BCUT2D eigenvalue weighted by Gasteiger charge is -2.12. The van der Waals surface area contributed by atoms with Gasteiger partial charge >= 0.3 is 6.03 Å². The van der Waals surface area contributed by atoms with Crippen LogP contribution in [0.4, 0.5) is 16.2 Å². The Hall–Kier alpha value is -4.26. The number of urea groups is 1. The lowest BCUT2D eigenvalue weighted by molar-refractivity contribution is 0.262. The molecule has 0 aliphatic carbocycles. The van der Waals surface area contributed by atoms with Gasteiger partial charge in [-0.1, -0.05) is 18.2 Å². The van der Waals surface area contributed by atoms with Crippen LogP contribution in [0, 0.1) is 0 Å². The fourth-order valence-corrected chi connectivity index (χ4v) is 3.50. The van der Waals surface area contributed by atoms with Crippen molar-refractivity contribution in [3.63, 3.8) is 0 Å². The van der Waals surface area contributed by atoms with Crippen molar-refractivity contribution < 1.29 is 16.4 Å². The zero-order valence-corrected chi connectivity index (χ0v) is 16.2. The van der Waals surface area contributed by atoms with Crippen molar-refractivity contribution >= 4 is 39.3 Å². The van der Waals surface area contributed by atoms with Gasteiger partial charge in [-0.25, -0.2) is 9.78 Å². The van der Waals surface area contributed by atoms with Gasteiger partial charge in [0.1, 0.15) is 11.4 Å². The van der Waals surface area contributed by atoms with Crippen LogP contribution < -0.4 is 15.4 Å². The molecule has 154 valence electrons. The van der Waals surface area contributed by atoms with Crippen LogP contribution in [0.5, 0.6) is 5.75 Å². The van der Waals surface area contributed by atoms with E-state index in [-0.39, 0.29) is 11.4 Å². The summed E-state index contributed by atoms with van der Waals surface area (Å²) >= 11 is 0. The van der Waals surface area contributed by atoms with Gasteiger partial charge in [-0.2, -0.15) is 0 Å². The SMILES string of the molecule is [2H]C([2H])([2H])Oc1ccccc1NC(=O)Nc1cccc2c1ccn2C([2H])([2H])c1ccnc2[nH]ccc12. The first kappa shape index (κ1) is 13.9. The molecule has 2 amide bonds.